The van der Waals surface area contributed by atoms with Gasteiger partial charge in [0, 0.05) is 12.1 Å². The predicted octanol–water partition coefficient (Wildman–Crippen LogP) is -0.889. The quantitative estimate of drug-likeness (QED) is 0.626. The van der Waals surface area contributed by atoms with Crippen molar-refractivity contribution in [1.29, 1.82) is 0 Å². The molecule has 0 saturated carbocycles. The Kier molecular flexibility index (Phi) is 6.32. The molecule has 0 aromatic carbocycles. The first-order chi connectivity index (χ1) is 6.57. The standard InChI is InChI=1S/C7H10N.C3H6O3/c1-2-8-6-4-3-5-7-8;1-2(4)3(5)6/h3-7H,2H2,1H3;2,4H,1H3,(H,5,6)/q+1;/p-1. The van der Waals surface area contributed by atoms with E-state index in [1.807, 2.05) is 18.2 Å². The molecule has 0 saturated heterocycles. The molecule has 4 heteroatoms. The van der Waals surface area contributed by atoms with E-state index in [-0.39, 0.29) is 0 Å². The molecule has 0 amide bonds. The summed E-state index contributed by atoms with van der Waals surface area (Å²) in [5.74, 6) is -1.44. The number of aliphatic hydroxyl groups is 1. The van der Waals surface area contributed by atoms with E-state index in [4.69, 9.17) is 5.11 Å². The van der Waals surface area contributed by atoms with Gasteiger partial charge in [-0.05, 0) is 13.8 Å². The van der Waals surface area contributed by atoms with Gasteiger partial charge in [-0.15, -0.1) is 0 Å². The summed E-state index contributed by atoms with van der Waals surface area (Å²) in [6.07, 6.45) is 2.77. The van der Waals surface area contributed by atoms with Crippen molar-refractivity contribution in [3.8, 4) is 0 Å². The molecular weight excluding hydrogens is 182 g/mol. The number of hydrogen-bond donors (Lipinski definition) is 1. The Morgan fingerprint density at radius 2 is 1.86 bits per heavy atom. The highest BCUT2D eigenvalue weighted by Gasteiger charge is 1.89. The van der Waals surface area contributed by atoms with Crippen molar-refractivity contribution in [1.82, 2.24) is 0 Å². The van der Waals surface area contributed by atoms with Crippen molar-refractivity contribution in [2.45, 2.75) is 26.5 Å². The van der Waals surface area contributed by atoms with Crippen LogP contribution in [-0.2, 0) is 11.3 Å². The maximum absolute atomic E-state index is 9.34. The monoisotopic (exact) mass is 197 g/mol. The van der Waals surface area contributed by atoms with Crippen LogP contribution in [0.5, 0.6) is 0 Å². The fourth-order valence-electron chi connectivity index (χ4n) is 0.645. The third-order valence-electron chi connectivity index (χ3n) is 1.48. The van der Waals surface area contributed by atoms with Crippen molar-refractivity contribution in [2.75, 3.05) is 0 Å². The van der Waals surface area contributed by atoms with Gasteiger partial charge in [-0.3, -0.25) is 0 Å². The molecule has 0 radical (unpaired) electrons. The fraction of sp³-hybridized carbons (Fsp3) is 0.400. The molecule has 0 fully saturated rings. The highest BCUT2D eigenvalue weighted by Crippen LogP contribution is 1.74. The number of aliphatic carboxylic acids is 1. The van der Waals surface area contributed by atoms with Crippen molar-refractivity contribution in [3.63, 3.8) is 0 Å². The van der Waals surface area contributed by atoms with E-state index in [1.165, 1.54) is 0 Å². The number of carbonyl (C=O) groups excluding carboxylic acids is 1. The van der Waals surface area contributed by atoms with Crippen LogP contribution < -0.4 is 9.67 Å². The van der Waals surface area contributed by atoms with Gasteiger partial charge < -0.3 is 15.0 Å². The zero-order valence-electron chi connectivity index (χ0n) is 8.38. The average molecular weight is 197 g/mol. The number of aliphatic hydroxyl groups excluding tert-OH is 1. The van der Waals surface area contributed by atoms with E-state index >= 15 is 0 Å². The molecule has 1 atom stereocenters. The van der Waals surface area contributed by atoms with Crippen molar-refractivity contribution < 1.29 is 19.6 Å². The molecule has 14 heavy (non-hydrogen) atoms. The number of pyridine rings is 1. The summed E-state index contributed by atoms with van der Waals surface area (Å²) in [4.78, 5) is 9.34. The van der Waals surface area contributed by atoms with Crippen LogP contribution in [0.15, 0.2) is 30.6 Å². The predicted molar refractivity (Wildman–Crippen MR) is 49.0 cm³/mol. The van der Waals surface area contributed by atoms with Crippen LogP contribution in [0.3, 0.4) is 0 Å². The Bertz CT molecular complexity index is 259. The molecule has 0 aliphatic carbocycles. The summed E-state index contributed by atoms with van der Waals surface area (Å²) in [6, 6.07) is 6.08. The molecule has 1 heterocycles. The minimum Gasteiger partial charge on any atom is -0.547 e. The third kappa shape index (κ3) is 6.14. The molecule has 0 bridgehead atoms. The lowest BCUT2D eigenvalue weighted by Crippen LogP contribution is -2.32. The van der Waals surface area contributed by atoms with Crippen LogP contribution >= 0.6 is 0 Å². The summed E-state index contributed by atoms with van der Waals surface area (Å²) in [5, 5.41) is 17.3. The van der Waals surface area contributed by atoms with E-state index in [0.717, 1.165) is 13.5 Å². The van der Waals surface area contributed by atoms with Gasteiger partial charge in [-0.1, -0.05) is 6.07 Å². The Morgan fingerprint density at radius 3 is 2.07 bits per heavy atom. The van der Waals surface area contributed by atoms with Gasteiger partial charge in [0.15, 0.2) is 12.4 Å². The number of hydrogen-bond acceptors (Lipinski definition) is 3. The summed E-state index contributed by atoms with van der Waals surface area (Å²) in [5.41, 5.74) is 0. The molecule has 1 rings (SSSR count). The number of aromatic nitrogens is 1. The molecule has 78 valence electrons. The first kappa shape index (κ1) is 12.6. The summed E-state index contributed by atoms with van der Waals surface area (Å²) < 4.78 is 2.12. The van der Waals surface area contributed by atoms with Gasteiger partial charge in [0.05, 0.1) is 12.1 Å². The van der Waals surface area contributed by atoms with Gasteiger partial charge in [0.1, 0.15) is 6.54 Å². The molecule has 1 N–H and O–H groups in total. The Morgan fingerprint density at radius 1 is 1.43 bits per heavy atom. The summed E-state index contributed by atoms with van der Waals surface area (Å²) in [7, 11) is 0. The highest BCUT2D eigenvalue weighted by atomic mass is 16.4. The number of nitrogens with zero attached hydrogens (tertiary/aromatic N) is 1. The first-order valence-corrected chi connectivity index (χ1v) is 4.41. The van der Waals surface area contributed by atoms with Crippen LogP contribution in [0.1, 0.15) is 13.8 Å². The molecular formula is C10H15NO3. The number of aryl methyl sites for hydroxylation is 1. The lowest BCUT2D eigenvalue weighted by molar-refractivity contribution is -0.693. The van der Waals surface area contributed by atoms with Crippen LogP contribution in [0.25, 0.3) is 0 Å². The highest BCUT2D eigenvalue weighted by molar-refractivity contribution is 5.68. The van der Waals surface area contributed by atoms with Gasteiger partial charge in [-0.25, -0.2) is 4.57 Å². The largest absolute Gasteiger partial charge is 0.547 e. The Balaban J connectivity index is 0.000000255. The number of carboxylic acid groups (broad SMARTS) is 1. The molecule has 0 aliphatic rings. The molecule has 0 aliphatic heterocycles. The number of rotatable bonds is 2. The van der Waals surface area contributed by atoms with Gasteiger partial charge in [-0.2, -0.15) is 0 Å². The second-order valence-corrected chi connectivity index (χ2v) is 2.70. The smallest absolute Gasteiger partial charge is 0.168 e. The maximum atomic E-state index is 9.34. The van der Waals surface area contributed by atoms with Crippen LogP contribution in [0, 0.1) is 0 Å². The third-order valence-corrected chi connectivity index (χ3v) is 1.48. The molecule has 0 spiro atoms. The molecule has 4 nitrogen and oxygen atoms in total. The van der Waals surface area contributed by atoms with Gasteiger partial charge in [0.25, 0.3) is 0 Å². The van der Waals surface area contributed by atoms with Crippen molar-refractivity contribution in [3.05, 3.63) is 30.6 Å². The average Bonchev–Trinajstić information content (AvgIpc) is 2.20. The SMILES string of the molecule is CC(O)C(=O)[O-].CC[n+]1ccccc1. The minimum absolute atomic E-state index is 1.06. The summed E-state index contributed by atoms with van der Waals surface area (Å²) >= 11 is 0. The van der Waals surface area contributed by atoms with Gasteiger partial charge >= 0.3 is 0 Å². The van der Waals surface area contributed by atoms with E-state index in [1.54, 1.807) is 0 Å². The Hall–Kier alpha value is -1.42. The fourth-order valence-corrected chi connectivity index (χ4v) is 0.645. The zero-order chi connectivity index (χ0) is 11.0. The van der Waals surface area contributed by atoms with Crippen LogP contribution in [0.4, 0.5) is 0 Å². The van der Waals surface area contributed by atoms with E-state index in [2.05, 4.69) is 23.9 Å². The van der Waals surface area contributed by atoms with Crippen LogP contribution in [-0.4, -0.2) is 17.2 Å². The number of carboxylic acids is 1. The molecule has 1 aromatic heterocycles. The maximum Gasteiger partial charge on any atom is 0.168 e. The van der Waals surface area contributed by atoms with Crippen LogP contribution in [0.2, 0.25) is 0 Å². The van der Waals surface area contributed by atoms with Gasteiger partial charge in [0.2, 0.25) is 0 Å². The van der Waals surface area contributed by atoms with Crippen molar-refractivity contribution >= 4 is 5.97 Å². The van der Waals surface area contributed by atoms with E-state index < -0.39 is 12.1 Å². The second kappa shape index (κ2) is 7.03. The van der Waals surface area contributed by atoms with E-state index in [9.17, 15) is 9.90 Å². The van der Waals surface area contributed by atoms with Crippen molar-refractivity contribution in [2.24, 2.45) is 0 Å². The minimum atomic E-state index is -1.44. The molecule has 1 unspecified atom stereocenters. The number of carbonyl (C=O) groups is 1. The normalized spacial score (nSPS) is 11.1. The lowest BCUT2D eigenvalue weighted by Gasteiger charge is -2.00. The van der Waals surface area contributed by atoms with E-state index in [0.29, 0.717) is 0 Å². The zero-order valence-corrected chi connectivity index (χ0v) is 8.38. The second-order valence-electron chi connectivity index (χ2n) is 2.70. The lowest BCUT2D eigenvalue weighted by atomic mass is 10.4. The summed E-state index contributed by atoms with van der Waals surface area (Å²) in [6.45, 7) is 4.32. The molecule has 1 aromatic rings. The first-order valence-electron chi connectivity index (χ1n) is 4.41. The topological polar surface area (TPSA) is 64.2 Å². The Labute approximate surface area is 83.4 Å².